The third kappa shape index (κ3) is 6.13. The Kier molecular flexibility index (Phi) is 7.79. The van der Waals surface area contributed by atoms with Gasteiger partial charge in [0.15, 0.2) is 5.96 Å². The quantitative estimate of drug-likeness (QED) is 0.379. The third-order valence-corrected chi connectivity index (χ3v) is 5.69. The number of aliphatic imine (C=N–C) groups is 1. The Balaban J connectivity index is 1.27. The summed E-state index contributed by atoms with van der Waals surface area (Å²) >= 11 is 0. The second-order valence-corrected chi connectivity index (χ2v) is 8.04. The molecule has 6 heteroatoms. The molecule has 0 atom stereocenters. The largest absolute Gasteiger partial charge is 0.493 e. The summed E-state index contributed by atoms with van der Waals surface area (Å²) in [6.45, 7) is 6.05. The number of ether oxygens (including phenoxy) is 1. The highest BCUT2D eigenvalue weighted by Crippen LogP contribution is 2.25. The lowest BCUT2D eigenvalue weighted by atomic mass is 10.1. The lowest BCUT2D eigenvalue weighted by Crippen LogP contribution is -2.38. The molecular formula is C26H33N5O. The predicted octanol–water partition coefficient (Wildman–Crippen LogP) is 3.75. The van der Waals surface area contributed by atoms with Gasteiger partial charge in [-0.1, -0.05) is 42.5 Å². The zero-order valence-electron chi connectivity index (χ0n) is 18.9. The number of guanidine groups is 1. The minimum absolute atomic E-state index is 0.559. The second kappa shape index (κ2) is 11.4. The molecule has 1 aliphatic heterocycles. The smallest absolute Gasteiger partial charge is 0.191 e. The molecule has 0 amide bonds. The molecule has 0 spiro atoms. The highest BCUT2D eigenvalue weighted by atomic mass is 16.5. The molecule has 2 heterocycles. The molecule has 2 N–H and O–H groups in total. The summed E-state index contributed by atoms with van der Waals surface area (Å²) in [6, 6.07) is 17.1. The predicted molar refractivity (Wildman–Crippen MR) is 129 cm³/mol. The lowest BCUT2D eigenvalue weighted by Gasteiger charge is -2.12. The summed E-state index contributed by atoms with van der Waals surface area (Å²) in [5, 5.41) is 6.79. The van der Waals surface area contributed by atoms with Gasteiger partial charge in [-0.2, -0.15) is 0 Å². The Morgan fingerprint density at radius 2 is 2.00 bits per heavy atom. The summed E-state index contributed by atoms with van der Waals surface area (Å²) in [5.74, 6) is 2.86. The van der Waals surface area contributed by atoms with E-state index in [1.54, 1.807) is 0 Å². The van der Waals surface area contributed by atoms with Crippen LogP contribution in [0.3, 0.4) is 0 Å². The molecule has 168 valence electrons. The number of imidazole rings is 1. The molecule has 0 saturated heterocycles. The van der Waals surface area contributed by atoms with Gasteiger partial charge < -0.3 is 19.9 Å². The maximum Gasteiger partial charge on any atom is 0.191 e. The van der Waals surface area contributed by atoms with Crippen molar-refractivity contribution in [2.75, 3.05) is 19.7 Å². The van der Waals surface area contributed by atoms with Crippen molar-refractivity contribution in [3.63, 3.8) is 0 Å². The summed E-state index contributed by atoms with van der Waals surface area (Å²) in [6.07, 6.45) is 8.03. The first-order chi connectivity index (χ1) is 15.8. The number of hydrogen-bond donors (Lipinski definition) is 2. The van der Waals surface area contributed by atoms with E-state index in [-0.39, 0.29) is 0 Å². The number of nitrogens with one attached hydrogen (secondary N) is 2. The topological polar surface area (TPSA) is 63.5 Å². The van der Waals surface area contributed by atoms with Crippen LogP contribution in [0.1, 0.15) is 35.9 Å². The average molecular weight is 432 g/mol. The number of nitrogens with zero attached hydrogens (tertiary/aromatic N) is 3. The molecule has 0 aliphatic carbocycles. The summed E-state index contributed by atoms with van der Waals surface area (Å²) < 4.78 is 7.81. The van der Waals surface area contributed by atoms with Crippen LogP contribution in [0.25, 0.3) is 0 Å². The Morgan fingerprint density at radius 1 is 1.09 bits per heavy atom. The monoisotopic (exact) mass is 431 g/mol. The van der Waals surface area contributed by atoms with Crippen LogP contribution in [-0.4, -0.2) is 35.2 Å². The van der Waals surface area contributed by atoms with Crippen LogP contribution >= 0.6 is 0 Å². The van der Waals surface area contributed by atoms with Crippen molar-refractivity contribution in [1.82, 2.24) is 20.2 Å². The van der Waals surface area contributed by atoms with E-state index in [0.717, 1.165) is 69.5 Å². The van der Waals surface area contributed by atoms with Gasteiger partial charge >= 0.3 is 0 Å². The van der Waals surface area contributed by atoms with Crippen LogP contribution in [0.4, 0.5) is 0 Å². The normalized spacial score (nSPS) is 13.0. The van der Waals surface area contributed by atoms with E-state index in [1.165, 1.54) is 16.7 Å². The number of aromatic nitrogens is 2. The van der Waals surface area contributed by atoms with E-state index in [1.807, 2.05) is 12.4 Å². The van der Waals surface area contributed by atoms with Crippen molar-refractivity contribution >= 4 is 5.96 Å². The van der Waals surface area contributed by atoms with Crippen LogP contribution in [-0.2, 0) is 32.4 Å². The lowest BCUT2D eigenvalue weighted by molar-refractivity contribution is 0.357. The maximum atomic E-state index is 5.60. The maximum absolute atomic E-state index is 5.60. The molecule has 1 aliphatic rings. The van der Waals surface area contributed by atoms with Crippen LogP contribution in [0, 0.1) is 0 Å². The van der Waals surface area contributed by atoms with Gasteiger partial charge in [0, 0.05) is 38.4 Å². The van der Waals surface area contributed by atoms with E-state index < -0.39 is 0 Å². The van der Waals surface area contributed by atoms with Gasteiger partial charge in [-0.3, -0.25) is 0 Å². The number of benzene rings is 2. The number of hydrogen-bond acceptors (Lipinski definition) is 3. The SMILES string of the molecule is CCNC(=NCc1nccn1CCCc1ccccc1)NCCc1ccc2c(c1)CCO2. The molecule has 0 fully saturated rings. The molecule has 32 heavy (non-hydrogen) atoms. The fourth-order valence-corrected chi connectivity index (χ4v) is 4.01. The molecule has 0 unspecified atom stereocenters. The van der Waals surface area contributed by atoms with Gasteiger partial charge in [-0.05, 0) is 48.9 Å². The minimum Gasteiger partial charge on any atom is -0.493 e. The number of fused-ring (bicyclic) bond motifs is 1. The standard InChI is InChI=1S/C26H33N5O/c1-2-27-26(29-14-12-22-10-11-24-23(19-22)13-18-32-24)30-20-25-28-15-17-31(25)16-6-9-21-7-4-3-5-8-21/h3-5,7-8,10-11,15,17,19H,2,6,9,12-14,16,18,20H2,1H3,(H2,27,29,30). The summed E-state index contributed by atoms with van der Waals surface area (Å²) in [7, 11) is 0. The van der Waals surface area contributed by atoms with Gasteiger partial charge in [0.1, 0.15) is 18.1 Å². The van der Waals surface area contributed by atoms with Crippen molar-refractivity contribution < 1.29 is 4.74 Å². The zero-order valence-corrected chi connectivity index (χ0v) is 18.9. The molecular weight excluding hydrogens is 398 g/mol. The van der Waals surface area contributed by atoms with E-state index >= 15 is 0 Å². The van der Waals surface area contributed by atoms with Gasteiger partial charge in [0.25, 0.3) is 0 Å². The molecule has 2 aromatic carbocycles. The van der Waals surface area contributed by atoms with Gasteiger partial charge in [0.2, 0.25) is 0 Å². The van der Waals surface area contributed by atoms with Crippen LogP contribution in [0.2, 0.25) is 0 Å². The Labute approximate surface area is 190 Å². The highest BCUT2D eigenvalue weighted by Gasteiger charge is 2.12. The molecule has 6 nitrogen and oxygen atoms in total. The van der Waals surface area contributed by atoms with Gasteiger partial charge in [0.05, 0.1) is 6.61 Å². The zero-order chi connectivity index (χ0) is 22.0. The molecule has 4 rings (SSSR count). The molecule has 0 radical (unpaired) electrons. The first-order valence-corrected chi connectivity index (χ1v) is 11.6. The second-order valence-electron chi connectivity index (χ2n) is 8.04. The van der Waals surface area contributed by atoms with Crippen molar-refractivity contribution in [2.45, 2.75) is 45.7 Å². The van der Waals surface area contributed by atoms with Crippen molar-refractivity contribution in [1.29, 1.82) is 0 Å². The van der Waals surface area contributed by atoms with E-state index in [4.69, 9.17) is 9.73 Å². The van der Waals surface area contributed by atoms with Gasteiger partial charge in [-0.15, -0.1) is 0 Å². The first-order valence-electron chi connectivity index (χ1n) is 11.6. The van der Waals surface area contributed by atoms with E-state index in [2.05, 4.69) is 75.6 Å². The van der Waals surface area contributed by atoms with Crippen molar-refractivity contribution in [3.05, 3.63) is 83.4 Å². The number of aryl methyl sites for hydroxylation is 2. The Morgan fingerprint density at radius 3 is 2.88 bits per heavy atom. The van der Waals surface area contributed by atoms with Crippen LogP contribution < -0.4 is 15.4 Å². The molecule has 0 bridgehead atoms. The van der Waals surface area contributed by atoms with Gasteiger partial charge in [-0.25, -0.2) is 9.98 Å². The highest BCUT2D eigenvalue weighted by molar-refractivity contribution is 5.79. The third-order valence-electron chi connectivity index (χ3n) is 5.69. The molecule has 3 aromatic rings. The Hall–Kier alpha value is -3.28. The minimum atomic E-state index is 0.559. The fraction of sp³-hybridized carbons (Fsp3) is 0.385. The fourth-order valence-electron chi connectivity index (χ4n) is 4.01. The van der Waals surface area contributed by atoms with Crippen molar-refractivity contribution in [2.24, 2.45) is 4.99 Å². The Bertz CT molecular complexity index is 1010. The molecule has 1 aromatic heterocycles. The van der Waals surface area contributed by atoms with Crippen LogP contribution in [0.15, 0.2) is 65.9 Å². The first kappa shape index (κ1) is 21.9. The van der Waals surface area contributed by atoms with Crippen LogP contribution in [0.5, 0.6) is 5.75 Å². The summed E-state index contributed by atoms with van der Waals surface area (Å²) in [4.78, 5) is 9.29. The molecule has 0 saturated carbocycles. The van der Waals surface area contributed by atoms with Crippen molar-refractivity contribution in [3.8, 4) is 5.75 Å². The summed E-state index contributed by atoms with van der Waals surface area (Å²) in [5.41, 5.74) is 4.02. The van der Waals surface area contributed by atoms with E-state index in [9.17, 15) is 0 Å². The number of rotatable bonds is 10. The average Bonchev–Trinajstić information content (AvgIpc) is 3.47. The van der Waals surface area contributed by atoms with E-state index in [0.29, 0.717) is 6.54 Å².